The fraction of sp³-hybridized carbons (Fsp3) is 0.667. The minimum absolute atomic E-state index is 0. The number of halogens is 1. The Hall–Kier alpha value is -1.29. The lowest BCUT2D eigenvalue weighted by Gasteiger charge is -2.39. The number of piperazine rings is 1. The summed E-state index contributed by atoms with van der Waals surface area (Å²) in [6.07, 6.45) is 3.96. The number of nitrogens with zero attached hydrogens (tertiary/aromatic N) is 4. The summed E-state index contributed by atoms with van der Waals surface area (Å²) in [4.78, 5) is 23.5. The van der Waals surface area contributed by atoms with Crippen molar-refractivity contribution < 1.29 is 9.21 Å². The fourth-order valence-electron chi connectivity index (χ4n) is 3.59. The Kier molecular flexibility index (Phi) is 8.20. The lowest BCUT2D eigenvalue weighted by molar-refractivity contribution is -0.135. The van der Waals surface area contributed by atoms with Crippen LogP contribution in [0, 0.1) is 0 Å². The molecule has 0 saturated carbocycles. The van der Waals surface area contributed by atoms with Gasteiger partial charge in [-0.25, -0.2) is 0 Å². The molecular formula is C18H30IN5O2. The van der Waals surface area contributed by atoms with E-state index in [9.17, 15) is 4.79 Å². The van der Waals surface area contributed by atoms with Gasteiger partial charge in [0, 0.05) is 46.3 Å². The number of aliphatic imine (C=N–C) groups is 1. The molecule has 1 unspecified atom stereocenters. The van der Waals surface area contributed by atoms with Crippen LogP contribution in [-0.2, 0) is 11.3 Å². The lowest BCUT2D eigenvalue weighted by Crippen LogP contribution is -2.57. The molecule has 1 aromatic rings. The Labute approximate surface area is 172 Å². The molecule has 2 aliphatic rings. The maximum absolute atomic E-state index is 12.6. The Morgan fingerprint density at radius 3 is 2.46 bits per heavy atom. The van der Waals surface area contributed by atoms with E-state index in [1.807, 2.05) is 24.0 Å². The van der Waals surface area contributed by atoms with E-state index in [1.165, 1.54) is 0 Å². The number of guanidine groups is 1. The highest BCUT2D eigenvalue weighted by atomic mass is 127. The molecule has 146 valence electrons. The van der Waals surface area contributed by atoms with E-state index in [0.29, 0.717) is 6.54 Å². The molecule has 7 nitrogen and oxygen atoms in total. The molecule has 2 fully saturated rings. The van der Waals surface area contributed by atoms with Gasteiger partial charge in [-0.1, -0.05) is 0 Å². The zero-order valence-electron chi connectivity index (χ0n) is 15.7. The molecule has 1 amide bonds. The van der Waals surface area contributed by atoms with Crippen LogP contribution in [0.4, 0.5) is 0 Å². The number of rotatable bonds is 4. The van der Waals surface area contributed by atoms with Crippen LogP contribution in [0.5, 0.6) is 0 Å². The van der Waals surface area contributed by atoms with Crippen molar-refractivity contribution in [2.45, 2.75) is 32.4 Å². The topological polar surface area (TPSA) is 64.3 Å². The van der Waals surface area contributed by atoms with E-state index in [-0.39, 0.29) is 35.9 Å². The van der Waals surface area contributed by atoms with Gasteiger partial charge in [-0.3, -0.25) is 14.7 Å². The SMILES string of the molecule is CN=C(NCc1ccco1)N1CCN(C(C)C(=O)N2CCCC2)CC1.I. The second-order valence-electron chi connectivity index (χ2n) is 6.71. The standard InChI is InChI=1S/C18H29N5O2.HI/c1-15(17(24)22-7-3-4-8-22)21-9-11-23(12-10-21)18(19-2)20-14-16-6-5-13-25-16;/h5-6,13,15H,3-4,7-12,14H2,1-2H3,(H,19,20);1H. The number of hydrogen-bond donors (Lipinski definition) is 1. The molecule has 0 spiro atoms. The molecule has 26 heavy (non-hydrogen) atoms. The van der Waals surface area contributed by atoms with Crippen molar-refractivity contribution >= 4 is 35.8 Å². The van der Waals surface area contributed by atoms with Gasteiger partial charge in [-0.15, -0.1) is 24.0 Å². The molecule has 1 aromatic heterocycles. The van der Waals surface area contributed by atoms with Gasteiger partial charge < -0.3 is 19.5 Å². The smallest absolute Gasteiger partial charge is 0.239 e. The number of nitrogens with one attached hydrogen (secondary N) is 1. The third-order valence-corrected chi connectivity index (χ3v) is 5.15. The molecule has 3 heterocycles. The summed E-state index contributed by atoms with van der Waals surface area (Å²) in [7, 11) is 1.80. The van der Waals surface area contributed by atoms with Gasteiger partial charge in [-0.05, 0) is 31.9 Å². The van der Waals surface area contributed by atoms with Crippen LogP contribution in [0.15, 0.2) is 27.8 Å². The Bertz CT molecular complexity index is 578. The predicted molar refractivity (Wildman–Crippen MR) is 113 cm³/mol. The molecule has 1 N–H and O–H groups in total. The highest BCUT2D eigenvalue weighted by Crippen LogP contribution is 2.14. The molecule has 0 aliphatic carbocycles. The maximum Gasteiger partial charge on any atom is 0.239 e. The second-order valence-corrected chi connectivity index (χ2v) is 6.71. The summed E-state index contributed by atoms with van der Waals surface area (Å²) in [6, 6.07) is 3.81. The van der Waals surface area contributed by atoms with Crippen LogP contribution in [0.2, 0.25) is 0 Å². The fourth-order valence-corrected chi connectivity index (χ4v) is 3.59. The van der Waals surface area contributed by atoms with Gasteiger partial charge >= 0.3 is 0 Å². The summed E-state index contributed by atoms with van der Waals surface area (Å²) in [6.45, 7) is 8.01. The van der Waals surface area contributed by atoms with Crippen molar-refractivity contribution in [1.82, 2.24) is 20.0 Å². The first-order chi connectivity index (χ1) is 12.2. The monoisotopic (exact) mass is 475 g/mol. The van der Waals surface area contributed by atoms with Gasteiger partial charge in [0.2, 0.25) is 5.91 Å². The van der Waals surface area contributed by atoms with Crippen LogP contribution < -0.4 is 5.32 Å². The third kappa shape index (κ3) is 5.12. The first-order valence-electron chi connectivity index (χ1n) is 9.20. The molecule has 8 heteroatoms. The quantitative estimate of drug-likeness (QED) is 0.407. The first-order valence-corrected chi connectivity index (χ1v) is 9.20. The van der Waals surface area contributed by atoms with Gasteiger partial charge in [0.05, 0.1) is 18.8 Å². The van der Waals surface area contributed by atoms with Crippen LogP contribution >= 0.6 is 24.0 Å². The Morgan fingerprint density at radius 2 is 1.88 bits per heavy atom. The number of likely N-dealkylation sites (tertiary alicyclic amines) is 1. The zero-order chi connectivity index (χ0) is 17.6. The Morgan fingerprint density at radius 1 is 1.19 bits per heavy atom. The number of carbonyl (C=O) groups is 1. The normalized spacial score (nSPS) is 20.0. The third-order valence-electron chi connectivity index (χ3n) is 5.15. The molecule has 0 radical (unpaired) electrons. The van der Waals surface area contributed by atoms with Gasteiger partial charge in [0.25, 0.3) is 0 Å². The molecule has 3 rings (SSSR count). The minimum Gasteiger partial charge on any atom is -0.467 e. The summed E-state index contributed by atoms with van der Waals surface area (Å²) >= 11 is 0. The maximum atomic E-state index is 12.6. The molecule has 2 saturated heterocycles. The average Bonchev–Trinajstić information content (AvgIpc) is 3.35. The summed E-state index contributed by atoms with van der Waals surface area (Å²) in [5, 5.41) is 3.34. The summed E-state index contributed by atoms with van der Waals surface area (Å²) in [5.41, 5.74) is 0. The van der Waals surface area contributed by atoms with E-state index >= 15 is 0 Å². The zero-order valence-corrected chi connectivity index (χ0v) is 18.0. The average molecular weight is 475 g/mol. The highest BCUT2D eigenvalue weighted by Gasteiger charge is 2.30. The van der Waals surface area contributed by atoms with Gasteiger partial charge in [0.15, 0.2) is 5.96 Å². The molecule has 0 aromatic carbocycles. The van der Waals surface area contributed by atoms with E-state index in [1.54, 1.807) is 13.3 Å². The number of carbonyl (C=O) groups excluding carboxylic acids is 1. The van der Waals surface area contributed by atoms with Crippen molar-refractivity contribution in [3.63, 3.8) is 0 Å². The Balaban J connectivity index is 0.00000243. The molecule has 0 bridgehead atoms. The second kappa shape index (κ2) is 10.1. The first kappa shape index (κ1) is 21.0. The van der Waals surface area contributed by atoms with Crippen molar-refractivity contribution in [2.75, 3.05) is 46.3 Å². The van der Waals surface area contributed by atoms with Crippen molar-refractivity contribution in [3.05, 3.63) is 24.2 Å². The summed E-state index contributed by atoms with van der Waals surface area (Å²) in [5.74, 6) is 2.06. The van der Waals surface area contributed by atoms with Crippen molar-refractivity contribution in [3.8, 4) is 0 Å². The molecule has 2 aliphatic heterocycles. The van der Waals surface area contributed by atoms with E-state index < -0.39 is 0 Å². The van der Waals surface area contributed by atoms with E-state index in [0.717, 1.165) is 63.8 Å². The van der Waals surface area contributed by atoms with E-state index in [4.69, 9.17) is 4.42 Å². The number of furan rings is 1. The van der Waals surface area contributed by atoms with Crippen molar-refractivity contribution in [2.24, 2.45) is 4.99 Å². The largest absolute Gasteiger partial charge is 0.467 e. The molecule has 1 atom stereocenters. The van der Waals surface area contributed by atoms with Crippen LogP contribution in [0.25, 0.3) is 0 Å². The number of hydrogen-bond acceptors (Lipinski definition) is 4. The minimum atomic E-state index is -0.0293. The van der Waals surface area contributed by atoms with Crippen LogP contribution in [0.1, 0.15) is 25.5 Å². The lowest BCUT2D eigenvalue weighted by atomic mass is 10.2. The highest BCUT2D eigenvalue weighted by molar-refractivity contribution is 14.0. The van der Waals surface area contributed by atoms with Crippen LogP contribution in [-0.4, -0.2) is 78.9 Å². The molecular weight excluding hydrogens is 445 g/mol. The van der Waals surface area contributed by atoms with Crippen molar-refractivity contribution in [1.29, 1.82) is 0 Å². The van der Waals surface area contributed by atoms with Gasteiger partial charge in [0.1, 0.15) is 5.76 Å². The predicted octanol–water partition coefficient (Wildman–Crippen LogP) is 1.60. The van der Waals surface area contributed by atoms with E-state index in [2.05, 4.69) is 20.1 Å². The van der Waals surface area contributed by atoms with Crippen LogP contribution in [0.3, 0.4) is 0 Å². The van der Waals surface area contributed by atoms with Gasteiger partial charge in [-0.2, -0.15) is 0 Å². The summed E-state index contributed by atoms with van der Waals surface area (Å²) < 4.78 is 5.35. The number of amides is 1.